The molecular formula is C30H31NO4. The molecule has 1 aliphatic heterocycles. The van der Waals surface area contributed by atoms with Crippen molar-refractivity contribution in [2.45, 2.75) is 49.9 Å². The van der Waals surface area contributed by atoms with Crippen LogP contribution in [0.1, 0.15) is 48.8 Å². The molecule has 2 aliphatic rings. The Kier molecular flexibility index (Phi) is 6.22. The van der Waals surface area contributed by atoms with E-state index in [0.29, 0.717) is 23.1 Å². The van der Waals surface area contributed by atoms with Crippen LogP contribution in [0, 0.1) is 5.92 Å². The van der Waals surface area contributed by atoms with Gasteiger partial charge in [0.05, 0.1) is 0 Å². The quantitative estimate of drug-likeness (QED) is 0.439. The molecule has 0 aromatic heterocycles. The van der Waals surface area contributed by atoms with E-state index in [0.717, 1.165) is 36.8 Å². The zero-order valence-electron chi connectivity index (χ0n) is 19.7. The van der Waals surface area contributed by atoms with Gasteiger partial charge in [0, 0.05) is 17.6 Å². The fourth-order valence-corrected chi connectivity index (χ4v) is 5.67. The summed E-state index contributed by atoms with van der Waals surface area (Å²) in [5.74, 6) is -2.24. The molecule has 0 saturated heterocycles. The summed E-state index contributed by atoms with van der Waals surface area (Å²) in [4.78, 5) is 13.6. The zero-order chi connectivity index (χ0) is 24.5. The highest BCUT2D eigenvalue weighted by atomic mass is 16.7. The highest BCUT2D eigenvalue weighted by molar-refractivity contribution is 6.03. The maximum Gasteiger partial charge on any atom is 0.337 e. The van der Waals surface area contributed by atoms with Gasteiger partial charge in [-0.2, -0.15) is 0 Å². The zero-order valence-corrected chi connectivity index (χ0v) is 19.7. The molecule has 1 heterocycles. The first-order valence-corrected chi connectivity index (χ1v) is 12.3. The fraction of sp³-hybridized carbons (Fsp3) is 0.300. The summed E-state index contributed by atoms with van der Waals surface area (Å²) in [5, 5.41) is 21.8. The maximum absolute atomic E-state index is 13.6. The Morgan fingerprint density at radius 3 is 2.11 bits per heavy atom. The van der Waals surface area contributed by atoms with E-state index in [1.54, 1.807) is 24.3 Å². The summed E-state index contributed by atoms with van der Waals surface area (Å²) < 4.78 is 5.95. The Labute approximate surface area is 205 Å². The van der Waals surface area contributed by atoms with Crippen LogP contribution < -0.4 is 5.73 Å². The van der Waals surface area contributed by atoms with E-state index in [2.05, 4.69) is 0 Å². The van der Waals surface area contributed by atoms with Crippen LogP contribution in [0.4, 0.5) is 0 Å². The molecule has 0 bridgehead atoms. The van der Waals surface area contributed by atoms with Crippen molar-refractivity contribution >= 4 is 11.5 Å². The molecule has 35 heavy (non-hydrogen) atoms. The van der Waals surface area contributed by atoms with Gasteiger partial charge in [-0.1, -0.05) is 85.6 Å². The van der Waals surface area contributed by atoms with E-state index in [-0.39, 0.29) is 18.1 Å². The van der Waals surface area contributed by atoms with E-state index in [4.69, 9.17) is 10.5 Å². The number of cyclic esters (lactones) is 1. The molecule has 4 N–H and O–H groups in total. The van der Waals surface area contributed by atoms with Crippen molar-refractivity contribution in [1.29, 1.82) is 0 Å². The molecule has 0 radical (unpaired) electrons. The maximum atomic E-state index is 13.6. The third-order valence-electron chi connectivity index (χ3n) is 7.51. The molecule has 0 amide bonds. The lowest BCUT2D eigenvalue weighted by Gasteiger charge is -2.50. The van der Waals surface area contributed by atoms with E-state index < -0.39 is 17.3 Å². The van der Waals surface area contributed by atoms with Crippen molar-refractivity contribution < 1.29 is 19.7 Å². The first-order chi connectivity index (χ1) is 16.9. The van der Waals surface area contributed by atoms with Crippen LogP contribution in [0.2, 0.25) is 0 Å². The number of hydrogen-bond acceptors (Lipinski definition) is 5. The van der Waals surface area contributed by atoms with Crippen LogP contribution in [0.15, 0.2) is 90.5 Å². The molecule has 0 spiro atoms. The van der Waals surface area contributed by atoms with Gasteiger partial charge in [0.15, 0.2) is 0 Å². The largest absolute Gasteiger partial charge is 0.508 e. The number of hydrogen-bond donors (Lipinski definition) is 3. The number of aromatic hydroxyl groups is 1. The van der Waals surface area contributed by atoms with E-state index >= 15 is 0 Å². The van der Waals surface area contributed by atoms with Gasteiger partial charge in [-0.15, -0.1) is 0 Å². The van der Waals surface area contributed by atoms with Crippen molar-refractivity contribution in [3.05, 3.63) is 107 Å². The Bertz CT molecular complexity index is 1220. The standard InChI is InChI=1S/C30H31NO4/c31-30(24-13-5-2-6-14-24)27(23-11-3-1-4-12-23)26(22-9-7-8-10-22)28(33)35-29(30,34)20-19-21-15-17-25(32)18-16-21/h1-6,11-18,22,32,34H,7-10,19-20,31H2. The molecule has 1 aliphatic carbocycles. The van der Waals surface area contributed by atoms with Crippen molar-refractivity contribution in [3.8, 4) is 5.75 Å². The van der Waals surface area contributed by atoms with Crippen LogP contribution in [0.25, 0.3) is 5.57 Å². The fourth-order valence-electron chi connectivity index (χ4n) is 5.67. The van der Waals surface area contributed by atoms with Crippen LogP contribution in [-0.4, -0.2) is 22.0 Å². The number of nitrogens with two attached hydrogens (primary N) is 1. The van der Waals surface area contributed by atoms with Crippen LogP contribution in [-0.2, 0) is 21.5 Å². The smallest absolute Gasteiger partial charge is 0.337 e. The third kappa shape index (κ3) is 4.15. The number of esters is 1. The number of phenolic OH excluding ortho intramolecular Hbond substituents is 1. The summed E-state index contributed by atoms with van der Waals surface area (Å²) >= 11 is 0. The van der Waals surface area contributed by atoms with Crippen LogP contribution in [0.5, 0.6) is 5.75 Å². The molecule has 1 saturated carbocycles. The van der Waals surface area contributed by atoms with E-state index in [9.17, 15) is 15.0 Å². The van der Waals surface area contributed by atoms with Gasteiger partial charge in [-0.3, -0.25) is 0 Å². The van der Waals surface area contributed by atoms with Crippen molar-refractivity contribution in [2.75, 3.05) is 0 Å². The van der Waals surface area contributed by atoms with Gasteiger partial charge in [0.1, 0.15) is 11.3 Å². The minimum atomic E-state index is -1.98. The number of benzene rings is 3. The topological polar surface area (TPSA) is 92.8 Å². The average Bonchev–Trinajstić information content (AvgIpc) is 3.41. The molecular weight excluding hydrogens is 438 g/mol. The highest BCUT2D eigenvalue weighted by Gasteiger charge is 2.59. The summed E-state index contributed by atoms with van der Waals surface area (Å²) in [6, 6.07) is 25.9. The highest BCUT2D eigenvalue weighted by Crippen LogP contribution is 2.52. The second kappa shape index (κ2) is 9.33. The SMILES string of the molecule is NC1(c2ccccc2)C(c2ccccc2)=C(C2CCCC2)C(=O)OC1(O)CCc1ccc(O)cc1. The molecule has 3 aromatic rings. The molecule has 5 rings (SSSR count). The molecule has 1 fully saturated rings. The van der Waals surface area contributed by atoms with E-state index in [1.807, 2.05) is 60.7 Å². The van der Waals surface area contributed by atoms with Gasteiger partial charge >= 0.3 is 5.97 Å². The second-order valence-corrected chi connectivity index (χ2v) is 9.65. The minimum absolute atomic E-state index is 0.0472. The molecule has 3 aromatic carbocycles. The van der Waals surface area contributed by atoms with Gasteiger partial charge in [-0.25, -0.2) is 4.79 Å². The number of carbonyl (C=O) groups is 1. The molecule has 2 unspecified atom stereocenters. The molecule has 5 nitrogen and oxygen atoms in total. The Morgan fingerprint density at radius 2 is 1.49 bits per heavy atom. The monoisotopic (exact) mass is 469 g/mol. The van der Waals surface area contributed by atoms with Gasteiger partial charge in [0.25, 0.3) is 0 Å². The van der Waals surface area contributed by atoms with Crippen LogP contribution in [0.3, 0.4) is 0 Å². The minimum Gasteiger partial charge on any atom is -0.508 e. The molecule has 2 atom stereocenters. The van der Waals surface area contributed by atoms with Crippen LogP contribution >= 0.6 is 0 Å². The number of ether oxygens (including phenoxy) is 1. The number of phenols is 1. The van der Waals surface area contributed by atoms with Gasteiger partial charge in [0.2, 0.25) is 5.79 Å². The average molecular weight is 470 g/mol. The Hall–Kier alpha value is -3.41. The van der Waals surface area contributed by atoms with Crippen molar-refractivity contribution in [1.82, 2.24) is 0 Å². The Morgan fingerprint density at radius 1 is 0.886 bits per heavy atom. The van der Waals surface area contributed by atoms with Gasteiger partial charge in [-0.05, 0) is 54.0 Å². The number of aryl methyl sites for hydroxylation is 1. The lowest BCUT2D eigenvalue weighted by atomic mass is 9.67. The number of carbonyl (C=O) groups excluding carboxylic acids is 1. The first kappa shape index (κ1) is 23.3. The summed E-state index contributed by atoms with van der Waals surface area (Å²) in [7, 11) is 0. The van der Waals surface area contributed by atoms with Gasteiger partial charge < -0.3 is 20.7 Å². The number of aliphatic hydroxyl groups is 1. The Balaban J connectivity index is 1.70. The second-order valence-electron chi connectivity index (χ2n) is 9.65. The summed E-state index contributed by atoms with van der Waals surface area (Å²) in [6.07, 6.45) is 4.42. The molecule has 180 valence electrons. The first-order valence-electron chi connectivity index (χ1n) is 12.3. The van der Waals surface area contributed by atoms with E-state index in [1.165, 1.54) is 0 Å². The lowest BCUT2D eigenvalue weighted by Crippen LogP contribution is -2.64. The van der Waals surface area contributed by atoms with Crippen molar-refractivity contribution in [2.24, 2.45) is 11.7 Å². The van der Waals surface area contributed by atoms with Crippen molar-refractivity contribution in [3.63, 3.8) is 0 Å². The predicted octanol–water partition coefficient (Wildman–Crippen LogP) is 5.07. The summed E-state index contributed by atoms with van der Waals surface area (Å²) in [6.45, 7) is 0. The lowest BCUT2D eigenvalue weighted by molar-refractivity contribution is -0.234. The molecule has 5 heteroatoms. The summed E-state index contributed by atoms with van der Waals surface area (Å²) in [5.41, 5.74) is 9.50. The normalized spacial score (nSPS) is 25.0. The third-order valence-corrected chi connectivity index (χ3v) is 7.51. The number of rotatable bonds is 6. The predicted molar refractivity (Wildman–Crippen MR) is 135 cm³/mol.